The van der Waals surface area contributed by atoms with Gasteiger partial charge in [0.05, 0.1) is 26.5 Å². The molecule has 0 fully saturated rings. The number of rotatable bonds is 6. The molecule has 0 aliphatic carbocycles. The lowest BCUT2D eigenvalue weighted by atomic mass is 10.1. The Bertz CT molecular complexity index is 1620. The maximum Gasteiger partial charge on any atom is 0.328 e. The summed E-state index contributed by atoms with van der Waals surface area (Å²) in [5.41, 5.74) is 2.32. The second kappa shape index (κ2) is 9.03. The Morgan fingerprint density at radius 2 is 1.63 bits per heavy atom. The van der Waals surface area contributed by atoms with Gasteiger partial charge in [-0.1, -0.05) is 12.1 Å². The molecule has 10 heteroatoms. The van der Waals surface area contributed by atoms with Gasteiger partial charge in [0.25, 0.3) is 5.91 Å². The van der Waals surface area contributed by atoms with Gasteiger partial charge < -0.3 is 10.1 Å². The third kappa shape index (κ3) is 4.44. The minimum atomic E-state index is -4.17. The molecule has 0 saturated carbocycles. The van der Waals surface area contributed by atoms with Gasteiger partial charge in [0.15, 0.2) is 6.61 Å². The average Bonchev–Trinajstić information content (AvgIpc) is 3.03. The van der Waals surface area contributed by atoms with Crippen LogP contribution in [0.5, 0.6) is 5.75 Å². The number of ether oxygens (including phenoxy) is 1. The summed E-state index contributed by atoms with van der Waals surface area (Å²) in [6.45, 7) is 3.44. The van der Waals surface area contributed by atoms with Crippen LogP contribution < -0.4 is 15.7 Å². The van der Waals surface area contributed by atoms with Crippen LogP contribution in [0, 0.1) is 19.7 Å². The van der Waals surface area contributed by atoms with Crippen molar-refractivity contribution in [2.45, 2.75) is 23.6 Å². The van der Waals surface area contributed by atoms with Crippen molar-refractivity contribution in [1.29, 1.82) is 0 Å². The standard InChI is InChI=1S/C25H24FN3O5S/c1-15-6-5-7-22(16(15)2)34-14-24(30)27-19-12-20-21(29(4)25(31)28(20)3)13-23(19)35(32,33)18-10-8-17(26)9-11-18/h5-13H,14H2,1-4H3,(H,27,30). The third-order valence-electron chi connectivity index (χ3n) is 5.97. The first kappa shape index (κ1) is 24.2. The zero-order chi connectivity index (χ0) is 25.5. The summed E-state index contributed by atoms with van der Waals surface area (Å²) in [5, 5.41) is 2.61. The van der Waals surface area contributed by atoms with Gasteiger partial charge in [-0.05, 0) is 67.4 Å². The van der Waals surface area contributed by atoms with Gasteiger partial charge in [-0.15, -0.1) is 0 Å². The fourth-order valence-corrected chi connectivity index (χ4v) is 5.21. The van der Waals surface area contributed by atoms with Gasteiger partial charge in [0.1, 0.15) is 11.6 Å². The van der Waals surface area contributed by atoms with Crippen LogP contribution in [0.15, 0.2) is 69.2 Å². The first-order valence-electron chi connectivity index (χ1n) is 10.7. The van der Waals surface area contributed by atoms with Crippen molar-refractivity contribution in [3.63, 3.8) is 0 Å². The predicted octanol–water partition coefficient (Wildman–Crippen LogP) is 3.48. The predicted molar refractivity (Wildman–Crippen MR) is 130 cm³/mol. The smallest absolute Gasteiger partial charge is 0.328 e. The molecule has 0 bridgehead atoms. The van der Waals surface area contributed by atoms with Crippen LogP contribution in [0.25, 0.3) is 11.0 Å². The Kier molecular flexibility index (Phi) is 6.25. The van der Waals surface area contributed by atoms with E-state index in [2.05, 4.69) is 5.32 Å². The number of sulfone groups is 1. The zero-order valence-electron chi connectivity index (χ0n) is 19.6. The van der Waals surface area contributed by atoms with E-state index in [1.807, 2.05) is 26.0 Å². The normalized spacial score (nSPS) is 11.6. The van der Waals surface area contributed by atoms with Crippen molar-refractivity contribution in [1.82, 2.24) is 9.13 Å². The quantitative estimate of drug-likeness (QED) is 0.411. The van der Waals surface area contributed by atoms with Crippen molar-refractivity contribution in [2.24, 2.45) is 14.1 Å². The SMILES string of the molecule is Cc1cccc(OCC(=O)Nc2cc3c(cc2S(=O)(=O)c2ccc(F)cc2)n(C)c(=O)n3C)c1C. The van der Waals surface area contributed by atoms with Crippen molar-refractivity contribution in [3.05, 3.63) is 82.0 Å². The molecule has 0 atom stereocenters. The molecule has 4 rings (SSSR count). The van der Waals surface area contributed by atoms with E-state index in [1.54, 1.807) is 13.1 Å². The van der Waals surface area contributed by atoms with Crippen LogP contribution >= 0.6 is 0 Å². The van der Waals surface area contributed by atoms with Crippen LogP contribution in [0.4, 0.5) is 10.1 Å². The molecule has 0 aliphatic rings. The maximum atomic E-state index is 13.5. The van der Waals surface area contributed by atoms with Crippen LogP contribution in [-0.4, -0.2) is 30.1 Å². The molecule has 1 aromatic heterocycles. The molecule has 1 heterocycles. The first-order chi connectivity index (χ1) is 16.5. The molecule has 4 aromatic rings. The summed E-state index contributed by atoms with van der Waals surface area (Å²) < 4.78 is 48.6. The molecular formula is C25H24FN3O5S. The fourth-order valence-electron chi connectivity index (χ4n) is 3.80. The number of carbonyl (C=O) groups excluding carboxylic acids is 1. The lowest BCUT2D eigenvalue weighted by Gasteiger charge is -2.14. The molecular weight excluding hydrogens is 473 g/mol. The van der Waals surface area contributed by atoms with Crippen molar-refractivity contribution in [3.8, 4) is 5.75 Å². The van der Waals surface area contributed by atoms with Crippen LogP contribution in [0.1, 0.15) is 11.1 Å². The van der Waals surface area contributed by atoms with E-state index in [0.717, 1.165) is 35.4 Å². The lowest BCUT2D eigenvalue weighted by Crippen LogP contribution is -2.22. The van der Waals surface area contributed by atoms with E-state index in [-0.39, 0.29) is 27.8 Å². The van der Waals surface area contributed by atoms with Gasteiger partial charge in [-0.2, -0.15) is 0 Å². The van der Waals surface area contributed by atoms with Crippen molar-refractivity contribution in [2.75, 3.05) is 11.9 Å². The summed E-state index contributed by atoms with van der Waals surface area (Å²) in [6, 6.07) is 12.6. The molecule has 1 amide bonds. The highest BCUT2D eigenvalue weighted by Crippen LogP contribution is 2.32. The Balaban J connectivity index is 1.76. The van der Waals surface area contributed by atoms with Crippen molar-refractivity contribution >= 4 is 32.5 Å². The summed E-state index contributed by atoms with van der Waals surface area (Å²) in [4.78, 5) is 24.8. The Hall–Kier alpha value is -3.92. The van der Waals surface area contributed by atoms with Crippen LogP contribution in [-0.2, 0) is 28.7 Å². The largest absolute Gasteiger partial charge is 0.483 e. The highest BCUT2D eigenvalue weighted by molar-refractivity contribution is 7.91. The Morgan fingerprint density at radius 3 is 2.29 bits per heavy atom. The number of hydrogen-bond donors (Lipinski definition) is 1. The van der Waals surface area contributed by atoms with E-state index in [0.29, 0.717) is 16.8 Å². The monoisotopic (exact) mass is 497 g/mol. The van der Waals surface area contributed by atoms with Crippen molar-refractivity contribution < 1.29 is 22.3 Å². The van der Waals surface area contributed by atoms with E-state index in [4.69, 9.17) is 4.74 Å². The summed E-state index contributed by atoms with van der Waals surface area (Å²) in [5.74, 6) is -0.621. The highest BCUT2D eigenvalue weighted by Gasteiger charge is 2.25. The number of aryl methyl sites for hydroxylation is 3. The number of benzene rings is 3. The molecule has 0 saturated heterocycles. The fraction of sp³-hybridized carbons (Fsp3) is 0.200. The molecule has 182 valence electrons. The highest BCUT2D eigenvalue weighted by atomic mass is 32.2. The van der Waals surface area contributed by atoms with Crippen LogP contribution in [0.2, 0.25) is 0 Å². The molecule has 1 N–H and O–H groups in total. The number of hydrogen-bond acceptors (Lipinski definition) is 5. The van der Waals surface area contributed by atoms with Gasteiger partial charge >= 0.3 is 5.69 Å². The molecule has 0 spiro atoms. The number of anilines is 1. The lowest BCUT2D eigenvalue weighted by molar-refractivity contribution is -0.118. The summed E-state index contributed by atoms with van der Waals surface area (Å²) in [6.07, 6.45) is 0. The second-order valence-corrected chi connectivity index (χ2v) is 10.1. The second-order valence-electron chi connectivity index (χ2n) is 8.23. The summed E-state index contributed by atoms with van der Waals surface area (Å²) in [7, 11) is -1.10. The zero-order valence-corrected chi connectivity index (χ0v) is 20.4. The number of amides is 1. The van der Waals surface area contributed by atoms with E-state index in [9.17, 15) is 22.4 Å². The molecule has 8 nitrogen and oxygen atoms in total. The van der Waals surface area contributed by atoms with Gasteiger partial charge in [0, 0.05) is 14.1 Å². The van der Waals surface area contributed by atoms with Crippen LogP contribution in [0.3, 0.4) is 0 Å². The summed E-state index contributed by atoms with van der Waals surface area (Å²) >= 11 is 0. The number of nitrogens with zero attached hydrogens (tertiary/aromatic N) is 2. The van der Waals surface area contributed by atoms with Gasteiger partial charge in [-0.3, -0.25) is 13.9 Å². The first-order valence-corrected chi connectivity index (χ1v) is 12.2. The van der Waals surface area contributed by atoms with Gasteiger partial charge in [0.2, 0.25) is 9.84 Å². The maximum absolute atomic E-state index is 13.5. The van der Waals surface area contributed by atoms with E-state index < -0.39 is 21.6 Å². The number of halogens is 1. The number of fused-ring (bicyclic) bond motifs is 1. The third-order valence-corrected chi connectivity index (χ3v) is 7.78. The molecule has 35 heavy (non-hydrogen) atoms. The number of carbonyl (C=O) groups is 1. The minimum absolute atomic E-state index is 0.0161. The Morgan fingerprint density at radius 1 is 1.00 bits per heavy atom. The number of aromatic nitrogens is 2. The minimum Gasteiger partial charge on any atom is -0.483 e. The molecule has 0 radical (unpaired) electrons. The van der Waals surface area contributed by atoms with Gasteiger partial charge in [-0.25, -0.2) is 17.6 Å². The topological polar surface area (TPSA) is 99.4 Å². The van der Waals surface area contributed by atoms with E-state index in [1.165, 1.54) is 28.3 Å². The number of imidazole rings is 1. The molecule has 0 unspecified atom stereocenters. The molecule has 0 aliphatic heterocycles. The molecule has 3 aromatic carbocycles. The Labute approximate surface area is 201 Å². The number of nitrogens with one attached hydrogen (secondary N) is 1. The average molecular weight is 498 g/mol. The van der Waals surface area contributed by atoms with E-state index >= 15 is 0 Å².